The minimum atomic E-state index is 0.566. The van der Waals surface area contributed by atoms with Gasteiger partial charge in [0.05, 0.1) is 0 Å². The highest BCUT2D eigenvalue weighted by Crippen LogP contribution is 2.34. The lowest BCUT2D eigenvalue weighted by Crippen LogP contribution is -2.17. The fraction of sp³-hybridized carbons (Fsp3) is 0.412. The highest BCUT2D eigenvalue weighted by atomic mass is 79.9. The van der Waals surface area contributed by atoms with Crippen molar-refractivity contribution >= 4 is 33.0 Å². The van der Waals surface area contributed by atoms with E-state index < -0.39 is 0 Å². The van der Waals surface area contributed by atoms with Gasteiger partial charge in [-0.25, -0.2) is 4.98 Å². The van der Waals surface area contributed by atoms with Gasteiger partial charge in [0.25, 0.3) is 6.01 Å². The lowest BCUT2D eigenvalue weighted by atomic mass is 10.0. The molecule has 1 N–H and O–H groups in total. The topological polar surface area (TPSA) is 55.9 Å². The van der Waals surface area contributed by atoms with E-state index in [1.165, 1.54) is 12.2 Å². The van der Waals surface area contributed by atoms with Crippen LogP contribution in [0.25, 0.3) is 22.4 Å². The van der Waals surface area contributed by atoms with Crippen LogP contribution in [0.15, 0.2) is 27.2 Å². The van der Waals surface area contributed by atoms with Crippen LogP contribution < -0.4 is 5.32 Å². The molecule has 1 aliphatic heterocycles. The predicted octanol–water partition coefficient (Wildman–Crippen LogP) is 4.47. The summed E-state index contributed by atoms with van der Waals surface area (Å²) in [5, 5.41) is 3.11. The molecule has 3 aromatic rings. The summed E-state index contributed by atoms with van der Waals surface area (Å²) in [4.78, 5) is 9.35. The molecular weight excluding hydrogens is 356 g/mol. The highest BCUT2D eigenvalue weighted by molar-refractivity contribution is 9.10. The lowest BCUT2D eigenvalue weighted by Gasteiger charge is -2.19. The summed E-state index contributed by atoms with van der Waals surface area (Å²) >= 11 is 3.73. The van der Waals surface area contributed by atoms with Crippen LogP contribution in [0.5, 0.6) is 0 Å². The van der Waals surface area contributed by atoms with Gasteiger partial charge in [0.1, 0.15) is 21.6 Å². The van der Waals surface area contributed by atoms with Crippen LogP contribution in [0.4, 0.5) is 6.01 Å². The van der Waals surface area contributed by atoms with E-state index in [9.17, 15) is 0 Å². The SMILES string of the molecule is CCNc1nc2cc(-c3nc4n(c3Br)CCC(C)C4)ccc2o1. The molecule has 0 saturated heterocycles. The zero-order chi connectivity index (χ0) is 16.0. The van der Waals surface area contributed by atoms with Crippen LogP contribution in [-0.2, 0) is 13.0 Å². The van der Waals surface area contributed by atoms with Gasteiger partial charge >= 0.3 is 0 Å². The first-order valence-corrected chi connectivity index (χ1v) is 8.84. The monoisotopic (exact) mass is 374 g/mol. The summed E-state index contributed by atoms with van der Waals surface area (Å²) in [7, 11) is 0. The average Bonchev–Trinajstić information content (AvgIpc) is 3.07. The summed E-state index contributed by atoms with van der Waals surface area (Å²) in [6.45, 7) is 6.13. The minimum Gasteiger partial charge on any atom is -0.424 e. The maximum absolute atomic E-state index is 5.67. The molecule has 0 spiro atoms. The van der Waals surface area contributed by atoms with Gasteiger partial charge < -0.3 is 14.3 Å². The maximum Gasteiger partial charge on any atom is 0.295 e. The molecule has 5 nitrogen and oxygen atoms in total. The molecule has 1 aliphatic rings. The Labute approximate surface area is 143 Å². The van der Waals surface area contributed by atoms with Crippen LogP contribution in [0.1, 0.15) is 26.1 Å². The fourth-order valence-electron chi connectivity index (χ4n) is 3.11. The molecule has 2 aromatic heterocycles. The van der Waals surface area contributed by atoms with E-state index in [1.807, 2.05) is 25.1 Å². The molecule has 3 heterocycles. The molecule has 1 unspecified atom stereocenters. The molecule has 4 rings (SSSR count). The van der Waals surface area contributed by atoms with Crippen molar-refractivity contribution in [2.45, 2.75) is 33.2 Å². The second-order valence-electron chi connectivity index (χ2n) is 6.15. The van der Waals surface area contributed by atoms with Gasteiger partial charge in [-0.2, -0.15) is 4.98 Å². The molecule has 1 aromatic carbocycles. The van der Waals surface area contributed by atoms with E-state index >= 15 is 0 Å². The van der Waals surface area contributed by atoms with Crippen molar-refractivity contribution in [3.8, 4) is 11.3 Å². The van der Waals surface area contributed by atoms with E-state index in [2.05, 4.69) is 37.7 Å². The lowest BCUT2D eigenvalue weighted by molar-refractivity contribution is 0.406. The van der Waals surface area contributed by atoms with Crippen LogP contribution in [0, 0.1) is 5.92 Å². The third kappa shape index (κ3) is 2.55. The fourth-order valence-corrected chi connectivity index (χ4v) is 3.81. The number of anilines is 1. The number of rotatable bonds is 3. The summed E-state index contributed by atoms with van der Waals surface area (Å²) in [6, 6.07) is 6.62. The molecule has 1 atom stereocenters. The quantitative estimate of drug-likeness (QED) is 0.734. The van der Waals surface area contributed by atoms with Gasteiger partial charge in [-0.15, -0.1) is 0 Å². The van der Waals surface area contributed by atoms with Crippen molar-refractivity contribution in [3.63, 3.8) is 0 Å². The number of oxazole rings is 1. The molecule has 0 fully saturated rings. The van der Waals surface area contributed by atoms with E-state index in [0.717, 1.165) is 46.5 Å². The largest absolute Gasteiger partial charge is 0.424 e. The number of nitrogens with zero attached hydrogens (tertiary/aromatic N) is 3. The highest BCUT2D eigenvalue weighted by Gasteiger charge is 2.22. The van der Waals surface area contributed by atoms with Crippen molar-refractivity contribution in [2.75, 3.05) is 11.9 Å². The van der Waals surface area contributed by atoms with Crippen LogP contribution in [0.2, 0.25) is 0 Å². The van der Waals surface area contributed by atoms with Gasteiger partial charge in [0.15, 0.2) is 5.58 Å². The Morgan fingerprint density at radius 3 is 3.09 bits per heavy atom. The molecule has 0 radical (unpaired) electrons. The molecule has 0 aliphatic carbocycles. The summed E-state index contributed by atoms with van der Waals surface area (Å²) in [5.74, 6) is 1.87. The van der Waals surface area contributed by atoms with E-state index in [4.69, 9.17) is 9.40 Å². The number of halogens is 1. The summed E-state index contributed by atoms with van der Waals surface area (Å²) < 4.78 is 9.01. The standard InChI is InChI=1S/C17H19BrN4O/c1-3-19-17-20-12-9-11(4-5-13(12)23-17)15-16(18)22-7-6-10(2)8-14(22)21-15/h4-5,9-10H,3,6-8H2,1-2H3,(H,19,20). The van der Waals surface area contributed by atoms with Gasteiger partial charge in [0.2, 0.25) is 0 Å². The molecule has 0 saturated carbocycles. The molecule has 0 bridgehead atoms. The Balaban J connectivity index is 1.77. The van der Waals surface area contributed by atoms with Gasteiger partial charge in [-0.3, -0.25) is 0 Å². The number of hydrogen-bond donors (Lipinski definition) is 1. The number of imidazole rings is 1. The number of hydrogen-bond acceptors (Lipinski definition) is 4. The van der Waals surface area contributed by atoms with Crippen LogP contribution in [-0.4, -0.2) is 21.1 Å². The Bertz CT molecular complexity index is 867. The first-order chi connectivity index (χ1) is 11.2. The Hall–Kier alpha value is -1.82. The van der Waals surface area contributed by atoms with Crippen LogP contribution in [0.3, 0.4) is 0 Å². The van der Waals surface area contributed by atoms with E-state index in [1.54, 1.807) is 0 Å². The number of fused-ring (bicyclic) bond motifs is 2. The average molecular weight is 375 g/mol. The second kappa shape index (κ2) is 5.67. The Kier molecular flexibility index (Phi) is 3.64. The van der Waals surface area contributed by atoms with Crippen molar-refractivity contribution in [2.24, 2.45) is 5.92 Å². The van der Waals surface area contributed by atoms with Crippen molar-refractivity contribution in [1.82, 2.24) is 14.5 Å². The minimum absolute atomic E-state index is 0.566. The smallest absolute Gasteiger partial charge is 0.295 e. The third-order valence-electron chi connectivity index (χ3n) is 4.35. The normalized spacial score (nSPS) is 17.4. The first-order valence-electron chi connectivity index (χ1n) is 8.05. The summed E-state index contributed by atoms with van der Waals surface area (Å²) in [6.07, 6.45) is 2.24. The number of aromatic nitrogens is 3. The first kappa shape index (κ1) is 14.8. The van der Waals surface area contributed by atoms with Crippen molar-refractivity contribution in [3.05, 3.63) is 28.6 Å². The zero-order valence-electron chi connectivity index (χ0n) is 13.3. The Morgan fingerprint density at radius 2 is 2.26 bits per heavy atom. The molecule has 120 valence electrons. The van der Waals surface area contributed by atoms with Gasteiger partial charge in [-0.1, -0.05) is 6.92 Å². The van der Waals surface area contributed by atoms with E-state index in [-0.39, 0.29) is 0 Å². The van der Waals surface area contributed by atoms with Crippen molar-refractivity contribution in [1.29, 1.82) is 0 Å². The molecule has 0 amide bonds. The van der Waals surface area contributed by atoms with Gasteiger partial charge in [-0.05, 0) is 53.4 Å². The van der Waals surface area contributed by atoms with E-state index in [0.29, 0.717) is 11.9 Å². The van der Waals surface area contributed by atoms with Gasteiger partial charge in [0, 0.05) is 25.1 Å². The number of benzene rings is 1. The zero-order valence-corrected chi connectivity index (χ0v) is 14.9. The number of nitrogens with one attached hydrogen (secondary N) is 1. The predicted molar refractivity (Wildman–Crippen MR) is 94.6 cm³/mol. The molecular formula is C17H19BrN4O. The second-order valence-corrected chi connectivity index (χ2v) is 6.90. The van der Waals surface area contributed by atoms with Crippen molar-refractivity contribution < 1.29 is 4.42 Å². The van der Waals surface area contributed by atoms with Crippen LogP contribution >= 0.6 is 15.9 Å². The third-order valence-corrected chi connectivity index (χ3v) is 5.15. The Morgan fingerprint density at radius 1 is 1.39 bits per heavy atom. The molecule has 6 heteroatoms. The maximum atomic E-state index is 5.67. The summed E-state index contributed by atoms with van der Waals surface area (Å²) in [5.41, 5.74) is 3.70. The molecule has 23 heavy (non-hydrogen) atoms.